The first kappa shape index (κ1) is 15.9. The first-order valence-corrected chi connectivity index (χ1v) is 9.19. The third-order valence-corrected chi connectivity index (χ3v) is 5.44. The van der Waals surface area contributed by atoms with Crippen LogP contribution < -0.4 is 11.5 Å². The number of fused-ring (bicyclic) bond motifs is 3. The van der Waals surface area contributed by atoms with Crippen molar-refractivity contribution in [3.63, 3.8) is 0 Å². The summed E-state index contributed by atoms with van der Waals surface area (Å²) in [6, 6.07) is 24.9. The lowest BCUT2D eigenvalue weighted by Crippen LogP contribution is -2.41. The van der Waals surface area contributed by atoms with Gasteiger partial charge >= 0.3 is 0 Å². The topological polar surface area (TPSA) is 57.0 Å². The predicted molar refractivity (Wildman–Crippen MR) is 114 cm³/mol. The average molecular weight is 351 g/mol. The lowest BCUT2D eigenvalue weighted by Gasteiger charge is -2.32. The quantitative estimate of drug-likeness (QED) is 0.498. The number of nitrogens with zero attached hydrogens (tertiary/aromatic N) is 1. The van der Waals surface area contributed by atoms with Gasteiger partial charge in [0.1, 0.15) is 5.66 Å². The number of aromatic nitrogens is 1. The molecular weight excluding hydrogens is 330 g/mol. The van der Waals surface area contributed by atoms with E-state index in [9.17, 15) is 0 Å². The molecule has 0 amide bonds. The summed E-state index contributed by atoms with van der Waals surface area (Å²) in [7, 11) is 0. The molecule has 0 spiro atoms. The Hall–Kier alpha value is -3.30. The van der Waals surface area contributed by atoms with Crippen molar-refractivity contribution in [1.82, 2.24) is 4.57 Å². The van der Waals surface area contributed by atoms with E-state index in [0.717, 1.165) is 28.7 Å². The van der Waals surface area contributed by atoms with Crippen molar-refractivity contribution < 1.29 is 0 Å². The van der Waals surface area contributed by atoms with Gasteiger partial charge in [0.2, 0.25) is 0 Å². The number of hydrogen-bond acceptors (Lipinski definition) is 2. The van der Waals surface area contributed by atoms with Gasteiger partial charge in [0.05, 0.1) is 11.0 Å². The van der Waals surface area contributed by atoms with Gasteiger partial charge in [-0.05, 0) is 41.5 Å². The second-order valence-electron chi connectivity index (χ2n) is 7.18. The highest BCUT2D eigenvalue weighted by molar-refractivity contribution is 6.08. The Morgan fingerprint density at radius 1 is 0.778 bits per heavy atom. The number of para-hydroxylation sites is 2. The van der Waals surface area contributed by atoms with Crippen LogP contribution in [0.4, 0.5) is 5.69 Å². The largest absolute Gasteiger partial charge is 0.399 e. The Morgan fingerprint density at radius 2 is 1.37 bits per heavy atom. The fraction of sp³-hybridized carbons (Fsp3) is 0.0833. The minimum absolute atomic E-state index is 0.597. The third kappa shape index (κ3) is 2.47. The van der Waals surface area contributed by atoms with Crippen molar-refractivity contribution in [3.8, 4) is 0 Å². The van der Waals surface area contributed by atoms with E-state index in [-0.39, 0.29) is 0 Å². The first-order valence-electron chi connectivity index (χ1n) is 9.19. The van der Waals surface area contributed by atoms with Crippen LogP contribution in [0.25, 0.3) is 27.4 Å². The van der Waals surface area contributed by atoms with Crippen LogP contribution in [0.5, 0.6) is 0 Å². The summed E-state index contributed by atoms with van der Waals surface area (Å²) >= 11 is 0. The molecule has 3 heteroatoms. The Balaban J connectivity index is 1.63. The van der Waals surface area contributed by atoms with E-state index in [0.29, 0.717) is 0 Å². The number of nitrogen functional groups attached to an aromatic ring is 1. The highest BCUT2D eigenvalue weighted by atomic mass is 15.2. The Kier molecular flexibility index (Phi) is 3.46. The summed E-state index contributed by atoms with van der Waals surface area (Å²) < 4.78 is 2.27. The Labute approximate surface area is 158 Å². The van der Waals surface area contributed by atoms with Crippen LogP contribution >= 0.6 is 0 Å². The van der Waals surface area contributed by atoms with Gasteiger partial charge in [-0.2, -0.15) is 0 Å². The van der Waals surface area contributed by atoms with E-state index in [4.69, 9.17) is 11.5 Å². The lowest BCUT2D eigenvalue weighted by molar-refractivity contribution is 0.412. The number of nitrogens with two attached hydrogens (primary N) is 2. The van der Waals surface area contributed by atoms with Crippen LogP contribution in [0.2, 0.25) is 0 Å². The fourth-order valence-corrected chi connectivity index (χ4v) is 4.07. The summed E-state index contributed by atoms with van der Waals surface area (Å²) in [5.74, 6) is 0. The zero-order valence-corrected chi connectivity index (χ0v) is 15.0. The van der Waals surface area contributed by atoms with Crippen LogP contribution in [0.3, 0.4) is 0 Å². The van der Waals surface area contributed by atoms with Crippen molar-refractivity contribution in [3.05, 3.63) is 96.6 Å². The number of anilines is 1. The SMILES string of the molecule is Nc1ccc(C2=CCC(N)(n3c4ccccc4c4ccccc43)C=C2)cc1. The van der Waals surface area contributed by atoms with Crippen LogP contribution in [0.1, 0.15) is 12.0 Å². The zero-order valence-electron chi connectivity index (χ0n) is 15.0. The van der Waals surface area contributed by atoms with Crippen molar-refractivity contribution in [1.29, 1.82) is 0 Å². The first-order chi connectivity index (χ1) is 13.2. The van der Waals surface area contributed by atoms with E-state index in [1.54, 1.807) is 0 Å². The number of hydrogen-bond donors (Lipinski definition) is 2. The Morgan fingerprint density at radius 3 is 1.93 bits per heavy atom. The molecule has 1 aliphatic rings. The molecule has 0 bridgehead atoms. The molecule has 0 radical (unpaired) electrons. The van der Waals surface area contributed by atoms with Crippen molar-refractivity contribution in [2.75, 3.05) is 5.73 Å². The highest BCUT2D eigenvalue weighted by Gasteiger charge is 2.29. The van der Waals surface area contributed by atoms with E-state index < -0.39 is 5.66 Å². The van der Waals surface area contributed by atoms with Crippen molar-refractivity contribution in [2.24, 2.45) is 5.73 Å². The minimum Gasteiger partial charge on any atom is -0.399 e. The van der Waals surface area contributed by atoms with Crippen LogP contribution in [0.15, 0.2) is 91.0 Å². The summed E-state index contributed by atoms with van der Waals surface area (Å²) in [5.41, 5.74) is 17.6. The van der Waals surface area contributed by atoms with Crippen molar-refractivity contribution in [2.45, 2.75) is 12.1 Å². The molecule has 1 atom stereocenters. The molecule has 1 heterocycles. The number of rotatable bonds is 2. The van der Waals surface area contributed by atoms with Gasteiger partial charge in [-0.1, -0.05) is 60.7 Å². The fourth-order valence-electron chi connectivity index (χ4n) is 4.07. The normalized spacial score (nSPS) is 19.5. The standard InChI is InChI=1S/C24H21N3/c25-19-11-9-17(10-12-19)18-13-15-24(26,16-14-18)27-22-7-3-1-5-20(22)21-6-2-4-8-23(21)27/h1-15H,16,25-26H2. The minimum atomic E-state index is -0.597. The molecule has 1 unspecified atom stereocenters. The third-order valence-electron chi connectivity index (χ3n) is 5.44. The molecule has 4 aromatic rings. The monoisotopic (exact) mass is 351 g/mol. The molecule has 0 saturated carbocycles. The lowest BCUT2D eigenvalue weighted by atomic mass is 9.93. The highest BCUT2D eigenvalue weighted by Crippen LogP contribution is 2.37. The van der Waals surface area contributed by atoms with Gasteiger partial charge in [-0.15, -0.1) is 0 Å². The van der Waals surface area contributed by atoms with Crippen molar-refractivity contribution >= 4 is 33.1 Å². The van der Waals surface area contributed by atoms with Gasteiger partial charge in [0, 0.05) is 22.9 Å². The summed E-state index contributed by atoms with van der Waals surface area (Å²) in [4.78, 5) is 0. The van der Waals surface area contributed by atoms with E-state index in [2.05, 4.69) is 83.5 Å². The summed E-state index contributed by atoms with van der Waals surface area (Å²) in [6.07, 6.45) is 7.19. The maximum absolute atomic E-state index is 6.93. The van der Waals surface area contributed by atoms with Gasteiger partial charge in [0.15, 0.2) is 0 Å². The van der Waals surface area contributed by atoms with Crippen LogP contribution in [-0.2, 0) is 5.66 Å². The molecule has 4 N–H and O–H groups in total. The second kappa shape index (κ2) is 5.86. The molecule has 132 valence electrons. The number of allylic oxidation sites excluding steroid dienone is 2. The average Bonchev–Trinajstić information content (AvgIpc) is 3.05. The molecule has 1 aromatic heterocycles. The molecule has 1 aliphatic carbocycles. The second-order valence-corrected chi connectivity index (χ2v) is 7.18. The molecule has 0 saturated heterocycles. The molecule has 3 nitrogen and oxygen atoms in total. The van der Waals surface area contributed by atoms with E-state index >= 15 is 0 Å². The predicted octanol–water partition coefficient (Wildman–Crippen LogP) is 5.03. The maximum atomic E-state index is 6.93. The molecule has 27 heavy (non-hydrogen) atoms. The Bertz CT molecular complexity index is 1160. The maximum Gasteiger partial charge on any atom is 0.116 e. The summed E-state index contributed by atoms with van der Waals surface area (Å²) in [5, 5.41) is 2.47. The molecule has 0 fully saturated rings. The van der Waals surface area contributed by atoms with E-state index in [1.165, 1.54) is 16.3 Å². The molecule has 5 rings (SSSR count). The van der Waals surface area contributed by atoms with E-state index in [1.807, 2.05) is 12.1 Å². The summed E-state index contributed by atoms with van der Waals surface area (Å²) in [6.45, 7) is 0. The smallest absolute Gasteiger partial charge is 0.116 e. The number of benzene rings is 3. The zero-order chi connectivity index (χ0) is 18.4. The van der Waals surface area contributed by atoms with Crippen LogP contribution in [0, 0.1) is 0 Å². The molecule has 3 aromatic carbocycles. The van der Waals surface area contributed by atoms with Gasteiger partial charge in [-0.3, -0.25) is 0 Å². The van der Waals surface area contributed by atoms with Gasteiger partial charge in [-0.25, -0.2) is 0 Å². The van der Waals surface area contributed by atoms with Crippen LogP contribution in [-0.4, -0.2) is 4.57 Å². The van der Waals surface area contributed by atoms with Gasteiger partial charge < -0.3 is 16.0 Å². The molecular formula is C24H21N3. The molecule has 0 aliphatic heterocycles. The van der Waals surface area contributed by atoms with Gasteiger partial charge in [0.25, 0.3) is 0 Å².